The quantitative estimate of drug-likeness (QED) is 0.264. The van der Waals surface area contributed by atoms with Crippen LogP contribution in [-0.4, -0.2) is 45.9 Å². The molecule has 0 aliphatic carbocycles. The third-order valence-corrected chi connectivity index (χ3v) is 4.01. The molecule has 0 aromatic heterocycles. The molecule has 0 saturated heterocycles. The van der Waals surface area contributed by atoms with E-state index in [1.807, 2.05) is 0 Å². The SMILES string of the molecule is CCC(S)(S)S(=O)(=O)O.[NaH]. The van der Waals surface area contributed by atoms with Gasteiger partial charge >= 0.3 is 29.6 Å². The van der Waals surface area contributed by atoms with Gasteiger partial charge in [0.25, 0.3) is 10.1 Å². The first-order valence-corrected chi connectivity index (χ1v) is 4.56. The molecule has 0 aliphatic heterocycles. The Morgan fingerprint density at radius 3 is 1.80 bits per heavy atom. The van der Waals surface area contributed by atoms with E-state index >= 15 is 0 Å². The van der Waals surface area contributed by atoms with Crippen LogP contribution in [0.25, 0.3) is 0 Å². The standard InChI is InChI=1S/C3H8O3S3.Na.H/c1-2-3(7,8)9(4,5)6;;/h7-8H,2H2,1H3,(H,4,5,6);;. The van der Waals surface area contributed by atoms with Crippen LogP contribution in [0.1, 0.15) is 13.3 Å². The van der Waals surface area contributed by atoms with E-state index in [2.05, 4.69) is 25.3 Å². The van der Waals surface area contributed by atoms with Crippen LogP contribution in [-0.2, 0) is 10.1 Å². The summed E-state index contributed by atoms with van der Waals surface area (Å²) in [7, 11) is -4.12. The number of hydrogen-bond acceptors (Lipinski definition) is 4. The summed E-state index contributed by atoms with van der Waals surface area (Å²) in [4.78, 5) is 0. The van der Waals surface area contributed by atoms with Crippen molar-refractivity contribution in [2.45, 2.75) is 16.8 Å². The van der Waals surface area contributed by atoms with Crippen molar-refractivity contribution >= 4 is 64.9 Å². The molecule has 0 saturated carbocycles. The van der Waals surface area contributed by atoms with E-state index in [1.165, 1.54) is 0 Å². The number of rotatable bonds is 2. The van der Waals surface area contributed by atoms with E-state index in [9.17, 15) is 8.42 Å². The molecule has 0 spiro atoms. The molecule has 10 heavy (non-hydrogen) atoms. The monoisotopic (exact) mass is 212 g/mol. The van der Waals surface area contributed by atoms with Gasteiger partial charge in [-0.3, -0.25) is 4.55 Å². The van der Waals surface area contributed by atoms with Gasteiger partial charge < -0.3 is 0 Å². The van der Waals surface area contributed by atoms with Crippen LogP contribution in [0.2, 0.25) is 0 Å². The van der Waals surface area contributed by atoms with Gasteiger partial charge in [0, 0.05) is 0 Å². The van der Waals surface area contributed by atoms with Crippen molar-refractivity contribution in [2.75, 3.05) is 0 Å². The average molecular weight is 212 g/mol. The molecule has 0 bridgehead atoms. The van der Waals surface area contributed by atoms with Crippen LogP contribution in [0.4, 0.5) is 0 Å². The molecule has 0 rings (SSSR count). The Bertz CT molecular complexity index is 185. The molecule has 1 N–H and O–H groups in total. The average Bonchev–Trinajstić information content (AvgIpc) is 1.64. The normalized spacial score (nSPS) is 12.4. The second kappa shape index (κ2) is 4.59. The van der Waals surface area contributed by atoms with Crippen molar-refractivity contribution in [3.05, 3.63) is 0 Å². The van der Waals surface area contributed by atoms with Gasteiger partial charge in [-0.15, -0.1) is 25.3 Å². The Hall–Kier alpha value is 1.61. The molecule has 0 atom stereocenters. The van der Waals surface area contributed by atoms with Crippen LogP contribution < -0.4 is 0 Å². The van der Waals surface area contributed by atoms with E-state index in [-0.39, 0.29) is 36.0 Å². The maximum atomic E-state index is 10.3. The summed E-state index contributed by atoms with van der Waals surface area (Å²) >= 11 is 7.19. The molecule has 0 aliphatic rings. The van der Waals surface area contributed by atoms with E-state index in [1.54, 1.807) is 6.92 Å². The molecule has 0 aromatic rings. The van der Waals surface area contributed by atoms with Crippen LogP contribution in [0.3, 0.4) is 0 Å². The molecule has 7 heteroatoms. The van der Waals surface area contributed by atoms with Gasteiger partial charge in [0.1, 0.15) is 0 Å². The van der Waals surface area contributed by atoms with Gasteiger partial charge in [-0.2, -0.15) is 8.42 Å². The van der Waals surface area contributed by atoms with E-state index in [4.69, 9.17) is 4.55 Å². The topological polar surface area (TPSA) is 54.4 Å². The van der Waals surface area contributed by atoms with Gasteiger partial charge in [-0.1, -0.05) is 6.92 Å². The fraction of sp³-hybridized carbons (Fsp3) is 1.00. The minimum atomic E-state index is -4.12. The second-order valence-corrected chi connectivity index (χ2v) is 5.70. The molecule has 3 nitrogen and oxygen atoms in total. The van der Waals surface area contributed by atoms with Gasteiger partial charge in [0.05, 0.1) is 0 Å². The minimum absolute atomic E-state index is 0. The Kier molecular flexibility index (Phi) is 6.50. The summed E-state index contributed by atoms with van der Waals surface area (Å²) in [5, 5.41) is 0. The van der Waals surface area contributed by atoms with E-state index in [0.717, 1.165) is 0 Å². The molecular formula is C3H9NaO3S3. The molecule has 58 valence electrons. The van der Waals surface area contributed by atoms with Crippen molar-refractivity contribution < 1.29 is 13.0 Å². The summed E-state index contributed by atoms with van der Waals surface area (Å²) in [5.74, 6) is 0. The van der Waals surface area contributed by atoms with Gasteiger partial charge in [0.15, 0.2) is 3.41 Å². The molecule has 0 radical (unpaired) electrons. The fourth-order valence-electron chi connectivity index (χ4n) is 0.182. The number of thiol groups is 2. The van der Waals surface area contributed by atoms with Crippen molar-refractivity contribution in [2.24, 2.45) is 0 Å². The van der Waals surface area contributed by atoms with Gasteiger partial charge in [-0.25, -0.2) is 0 Å². The van der Waals surface area contributed by atoms with Crippen LogP contribution in [0, 0.1) is 0 Å². The van der Waals surface area contributed by atoms with Crippen molar-refractivity contribution in [3.8, 4) is 0 Å². The van der Waals surface area contributed by atoms with Crippen LogP contribution in [0.15, 0.2) is 0 Å². The summed E-state index contributed by atoms with van der Waals surface area (Å²) in [6.07, 6.45) is 0.151. The summed E-state index contributed by atoms with van der Waals surface area (Å²) < 4.78 is 27.3. The molecule has 0 amide bonds. The van der Waals surface area contributed by atoms with Crippen LogP contribution >= 0.6 is 25.3 Å². The molecule has 0 aromatic carbocycles. The molecule has 0 heterocycles. The Morgan fingerprint density at radius 2 is 1.80 bits per heavy atom. The van der Waals surface area contributed by atoms with Crippen LogP contribution in [0.5, 0.6) is 0 Å². The summed E-state index contributed by atoms with van der Waals surface area (Å²) in [6, 6.07) is 0. The maximum absolute atomic E-state index is 10.3. The summed E-state index contributed by atoms with van der Waals surface area (Å²) in [6.45, 7) is 1.56. The zero-order valence-corrected chi connectivity index (χ0v) is 7.38. The van der Waals surface area contributed by atoms with Gasteiger partial charge in [0.2, 0.25) is 0 Å². The Labute approximate surface area is 93.8 Å². The Balaban J connectivity index is 0. The first-order valence-electron chi connectivity index (χ1n) is 2.23. The molecule has 0 unspecified atom stereocenters. The molecular weight excluding hydrogens is 203 g/mol. The predicted octanol–water partition coefficient (Wildman–Crippen LogP) is 0.149. The first kappa shape index (κ1) is 14.2. The van der Waals surface area contributed by atoms with Crippen molar-refractivity contribution in [1.82, 2.24) is 0 Å². The number of hydrogen-bond donors (Lipinski definition) is 3. The van der Waals surface area contributed by atoms with Crippen molar-refractivity contribution in [3.63, 3.8) is 0 Å². The third kappa shape index (κ3) is 3.85. The van der Waals surface area contributed by atoms with E-state index in [0.29, 0.717) is 0 Å². The third-order valence-electron chi connectivity index (χ3n) is 0.874. The van der Waals surface area contributed by atoms with Crippen molar-refractivity contribution in [1.29, 1.82) is 0 Å². The summed E-state index contributed by atoms with van der Waals surface area (Å²) in [5.41, 5.74) is 0. The predicted molar refractivity (Wildman–Crippen MR) is 49.7 cm³/mol. The zero-order chi connectivity index (χ0) is 7.71. The van der Waals surface area contributed by atoms with Gasteiger partial charge in [-0.05, 0) is 6.42 Å². The molecule has 0 fully saturated rings. The zero-order valence-electron chi connectivity index (χ0n) is 4.77. The first-order chi connectivity index (χ1) is 3.81. The second-order valence-electron chi connectivity index (χ2n) is 1.57. The fourth-order valence-corrected chi connectivity index (χ4v) is 0.547. The Morgan fingerprint density at radius 1 is 1.50 bits per heavy atom. The van der Waals surface area contributed by atoms with E-state index < -0.39 is 13.5 Å².